The molecule has 6 heteroatoms. The van der Waals surface area contributed by atoms with E-state index >= 15 is 0 Å². The average molecular weight is 419 g/mol. The zero-order valence-electron chi connectivity index (χ0n) is 13.0. The Balaban J connectivity index is 0.00000242. The minimum Gasteiger partial charge on any atom is -0.497 e. The van der Waals surface area contributed by atoms with Gasteiger partial charge in [-0.25, -0.2) is 0 Å². The lowest BCUT2D eigenvalue weighted by Gasteiger charge is -2.23. The highest BCUT2D eigenvalue weighted by Crippen LogP contribution is 2.18. The van der Waals surface area contributed by atoms with E-state index in [1.54, 1.807) is 7.11 Å². The second-order valence-electron chi connectivity index (χ2n) is 5.49. The van der Waals surface area contributed by atoms with Gasteiger partial charge in [0, 0.05) is 6.04 Å². The van der Waals surface area contributed by atoms with Crippen LogP contribution < -0.4 is 15.8 Å². The van der Waals surface area contributed by atoms with Gasteiger partial charge >= 0.3 is 0 Å². The van der Waals surface area contributed by atoms with Crippen molar-refractivity contribution in [3.8, 4) is 5.75 Å². The molecule has 1 aliphatic rings. The summed E-state index contributed by atoms with van der Waals surface area (Å²) >= 11 is 0. The maximum absolute atomic E-state index is 10.1. The zero-order chi connectivity index (χ0) is 15.1. The van der Waals surface area contributed by atoms with E-state index < -0.39 is 6.10 Å². The summed E-state index contributed by atoms with van der Waals surface area (Å²) in [7, 11) is 1.62. The van der Waals surface area contributed by atoms with Crippen LogP contribution in [0.5, 0.6) is 5.75 Å². The smallest absolute Gasteiger partial charge is 0.188 e. The van der Waals surface area contributed by atoms with Crippen LogP contribution in [0.2, 0.25) is 0 Å². The Morgan fingerprint density at radius 3 is 2.55 bits per heavy atom. The number of ether oxygens (including phenoxy) is 1. The quantitative estimate of drug-likeness (QED) is 0.390. The van der Waals surface area contributed by atoms with Gasteiger partial charge < -0.3 is 20.9 Å². The molecule has 4 N–H and O–H groups in total. The van der Waals surface area contributed by atoms with Gasteiger partial charge in [-0.3, -0.25) is 4.99 Å². The topological polar surface area (TPSA) is 79.9 Å². The Labute approximate surface area is 149 Å². The van der Waals surface area contributed by atoms with E-state index in [0.717, 1.165) is 24.2 Å². The summed E-state index contributed by atoms with van der Waals surface area (Å²) < 4.78 is 5.09. The van der Waals surface area contributed by atoms with Crippen LogP contribution in [0.1, 0.15) is 43.8 Å². The Morgan fingerprint density at radius 2 is 1.95 bits per heavy atom. The molecule has 0 spiro atoms. The van der Waals surface area contributed by atoms with E-state index in [4.69, 9.17) is 10.5 Å². The van der Waals surface area contributed by atoms with Gasteiger partial charge in [-0.2, -0.15) is 0 Å². The van der Waals surface area contributed by atoms with Gasteiger partial charge in [-0.05, 0) is 30.5 Å². The molecule has 1 saturated carbocycles. The number of nitrogens with two attached hydrogens (primary N) is 1. The summed E-state index contributed by atoms with van der Waals surface area (Å²) in [5.41, 5.74) is 6.69. The van der Waals surface area contributed by atoms with Crippen molar-refractivity contribution in [1.82, 2.24) is 5.32 Å². The Kier molecular flexibility index (Phi) is 8.55. The SMILES string of the molecule is COc1ccc(C(O)CN=C(N)NC2CCCCC2)cc1.I. The Morgan fingerprint density at radius 1 is 1.32 bits per heavy atom. The van der Waals surface area contributed by atoms with Gasteiger partial charge in [0.25, 0.3) is 0 Å². The third-order valence-corrected chi connectivity index (χ3v) is 3.89. The molecular weight excluding hydrogens is 393 g/mol. The van der Waals surface area contributed by atoms with Gasteiger partial charge in [0.1, 0.15) is 5.75 Å². The largest absolute Gasteiger partial charge is 0.497 e. The van der Waals surface area contributed by atoms with Crippen molar-refractivity contribution in [2.24, 2.45) is 10.7 Å². The van der Waals surface area contributed by atoms with Crippen molar-refractivity contribution in [2.75, 3.05) is 13.7 Å². The second kappa shape index (κ2) is 9.89. The van der Waals surface area contributed by atoms with Crippen LogP contribution in [-0.2, 0) is 0 Å². The molecule has 2 rings (SSSR count). The molecule has 1 fully saturated rings. The predicted molar refractivity (Wildman–Crippen MR) is 99.9 cm³/mol. The Hall–Kier alpha value is -1.02. The van der Waals surface area contributed by atoms with Crippen molar-refractivity contribution in [2.45, 2.75) is 44.2 Å². The maximum atomic E-state index is 10.1. The number of nitrogens with zero attached hydrogens (tertiary/aromatic N) is 1. The number of hydrogen-bond acceptors (Lipinski definition) is 3. The van der Waals surface area contributed by atoms with Crippen LogP contribution >= 0.6 is 24.0 Å². The van der Waals surface area contributed by atoms with E-state index in [-0.39, 0.29) is 30.5 Å². The fraction of sp³-hybridized carbons (Fsp3) is 0.562. The van der Waals surface area contributed by atoms with Gasteiger partial charge in [0.2, 0.25) is 0 Å². The highest BCUT2D eigenvalue weighted by atomic mass is 127. The number of halogens is 1. The molecule has 0 bridgehead atoms. The summed E-state index contributed by atoms with van der Waals surface area (Å²) in [5, 5.41) is 13.3. The molecule has 0 aliphatic heterocycles. The zero-order valence-corrected chi connectivity index (χ0v) is 15.3. The number of methoxy groups -OCH3 is 1. The number of rotatable bonds is 5. The number of aliphatic hydroxyl groups is 1. The summed E-state index contributed by atoms with van der Waals surface area (Å²) in [6.07, 6.45) is 5.46. The predicted octanol–water partition coefficient (Wildman–Crippen LogP) is 2.58. The molecule has 0 heterocycles. The second-order valence-corrected chi connectivity index (χ2v) is 5.49. The molecule has 0 radical (unpaired) electrons. The van der Waals surface area contributed by atoms with E-state index in [2.05, 4.69) is 10.3 Å². The lowest BCUT2D eigenvalue weighted by molar-refractivity contribution is 0.187. The minimum absolute atomic E-state index is 0. The molecule has 1 unspecified atom stereocenters. The van der Waals surface area contributed by atoms with Crippen molar-refractivity contribution < 1.29 is 9.84 Å². The van der Waals surface area contributed by atoms with E-state index in [1.165, 1.54) is 19.3 Å². The minimum atomic E-state index is -0.650. The van der Waals surface area contributed by atoms with Gasteiger partial charge in [0.05, 0.1) is 19.8 Å². The molecule has 22 heavy (non-hydrogen) atoms. The number of hydrogen-bond donors (Lipinski definition) is 3. The lowest BCUT2D eigenvalue weighted by Crippen LogP contribution is -2.41. The molecule has 1 aromatic rings. The molecule has 0 amide bonds. The number of nitrogens with one attached hydrogen (secondary N) is 1. The number of benzene rings is 1. The highest BCUT2D eigenvalue weighted by Gasteiger charge is 2.13. The van der Waals surface area contributed by atoms with Gasteiger partial charge in [-0.1, -0.05) is 31.4 Å². The van der Waals surface area contributed by atoms with Crippen LogP contribution in [0.4, 0.5) is 0 Å². The third-order valence-electron chi connectivity index (χ3n) is 3.89. The lowest BCUT2D eigenvalue weighted by atomic mass is 9.96. The molecule has 1 atom stereocenters. The van der Waals surface area contributed by atoms with Gasteiger partial charge in [0.15, 0.2) is 5.96 Å². The number of aliphatic hydroxyl groups excluding tert-OH is 1. The summed E-state index contributed by atoms with van der Waals surface area (Å²) in [5.74, 6) is 1.20. The van der Waals surface area contributed by atoms with Crippen LogP contribution in [0.25, 0.3) is 0 Å². The van der Waals surface area contributed by atoms with Crippen molar-refractivity contribution >= 4 is 29.9 Å². The molecular formula is C16H26IN3O2. The first-order chi connectivity index (χ1) is 10.2. The van der Waals surface area contributed by atoms with E-state index in [1.807, 2.05) is 24.3 Å². The van der Waals surface area contributed by atoms with Crippen LogP contribution in [-0.4, -0.2) is 30.8 Å². The van der Waals surface area contributed by atoms with Gasteiger partial charge in [-0.15, -0.1) is 24.0 Å². The van der Waals surface area contributed by atoms with Crippen LogP contribution in [0.3, 0.4) is 0 Å². The van der Waals surface area contributed by atoms with Crippen molar-refractivity contribution in [3.05, 3.63) is 29.8 Å². The summed E-state index contributed by atoms with van der Waals surface area (Å²) in [4.78, 5) is 4.24. The van der Waals surface area contributed by atoms with E-state index in [9.17, 15) is 5.11 Å². The van der Waals surface area contributed by atoms with E-state index in [0.29, 0.717) is 12.0 Å². The van der Waals surface area contributed by atoms with Crippen LogP contribution in [0.15, 0.2) is 29.3 Å². The number of guanidine groups is 1. The standard InChI is InChI=1S/C16H25N3O2.HI/c1-21-14-9-7-12(8-10-14)15(20)11-18-16(17)19-13-5-3-2-4-6-13;/h7-10,13,15,20H,2-6,11H2,1H3,(H3,17,18,19);1H. The Bertz CT molecular complexity index is 459. The molecule has 0 saturated heterocycles. The monoisotopic (exact) mass is 419 g/mol. The van der Waals surface area contributed by atoms with Crippen LogP contribution in [0, 0.1) is 0 Å². The fourth-order valence-corrected chi connectivity index (χ4v) is 2.62. The molecule has 0 aromatic heterocycles. The average Bonchev–Trinajstić information content (AvgIpc) is 2.53. The maximum Gasteiger partial charge on any atom is 0.188 e. The third kappa shape index (κ3) is 6.00. The normalized spacial score (nSPS) is 17.5. The number of aliphatic imine (C=N–C) groups is 1. The first-order valence-electron chi connectivity index (χ1n) is 7.57. The molecule has 5 nitrogen and oxygen atoms in total. The fourth-order valence-electron chi connectivity index (χ4n) is 2.62. The molecule has 124 valence electrons. The highest BCUT2D eigenvalue weighted by molar-refractivity contribution is 14.0. The summed E-state index contributed by atoms with van der Waals surface area (Å²) in [6, 6.07) is 7.76. The summed E-state index contributed by atoms with van der Waals surface area (Å²) in [6.45, 7) is 0.262. The first kappa shape index (κ1) is 19.0. The molecule has 1 aliphatic carbocycles. The first-order valence-corrected chi connectivity index (χ1v) is 7.57. The van der Waals surface area contributed by atoms with Crippen molar-refractivity contribution in [3.63, 3.8) is 0 Å². The van der Waals surface area contributed by atoms with Crippen molar-refractivity contribution in [1.29, 1.82) is 0 Å². The molecule has 1 aromatic carbocycles.